The zero-order valence-electron chi connectivity index (χ0n) is 20.2. The third-order valence-electron chi connectivity index (χ3n) is 6.19. The Labute approximate surface area is 211 Å². The summed E-state index contributed by atoms with van der Waals surface area (Å²) in [5.74, 6) is -0.371. The van der Waals surface area contributed by atoms with Crippen molar-refractivity contribution in [3.05, 3.63) is 101 Å². The first-order valence-corrected chi connectivity index (χ1v) is 12.2. The van der Waals surface area contributed by atoms with Crippen LogP contribution in [0.15, 0.2) is 85.1 Å². The molecule has 1 atom stereocenters. The number of likely N-dealkylation sites (N-methyl/N-ethyl adjacent to an activating group) is 1. The van der Waals surface area contributed by atoms with Crippen LogP contribution in [0.25, 0.3) is 10.9 Å². The van der Waals surface area contributed by atoms with Crippen molar-refractivity contribution in [2.24, 2.45) is 0 Å². The number of amides is 2. The van der Waals surface area contributed by atoms with Gasteiger partial charge in [0.05, 0.1) is 6.42 Å². The van der Waals surface area contributed by atoms with Crippen molar-refractivity contribution in [2.45, 2.75) is 38.8 Å². The fourth-order valence-corrected chi connectivity index (χ4v) is 4.47. The third-order valence-corrected chi connectivity index (χ3v) is 6.44. The van der Waals surface area contributed by atoms with Crippen LogP contribution >= 0.6 is 11.6 Å². The molecule has 1 N–H and O–H groups in total. The van der Waals surface area contributed by atoms with Gasteiger partial charge in [0.2, 0.25) is 11.8 Å². The minimum atomic E-state index is -0.705. The number of halogens is 1. The lowest BCUT2D eigenvalue weighted by molar-refractivity contribution is -0.127. The first-order valence-electron chi connectivity index (χ1n) is 11.8. The van der Waals surface area contributed by atoms with Crippen molar-refractivity contribution in [1.29, 1.82) is 0 Å². The molecular formula is C29H30ClN3O2. The van der Waals surface area contributed by atoms with Gasteiger partial charge < -0.3 is 14.8 Å². The molecular weight excluding hydrogens is 458 g/mol. The van der Waals surface area contributed by atoms with Crippen LogP contribution in [0.3, 0.4) is 0 Å². The van der Waals surface area contributed by atoms with Gasteiger partial charge in [0, 0.05) is 47.3 Å². The van der Waals surface area contributed by atoms with Gasteiger partial charge in [-0.1, -0.05) is 60.1 Å². The molecule has 180 valence electrons. The molecule has 2 amide bonds. The van der Waals surface area contributed by atoms with Gasteiger partial charge in [-0.3, -0.25) is 9.59 Å². The maximum absolute atomic E-state index is 13.5. The van der Waals surface area contributed by atoms with Gasteiger partial charge in [0.1, 0.15) is 6.04 Å². The summed E-state index contributed by atoms with van der Waals surface area (Å²) < 4.78 is 2.18. The maximum Gasteiger partial charge on any atom is 0.249 e. The zero-order valence-corrected chi connectivity index (χ0v) is 21.0. The van der Waals surface area contributed by atoms with E-state index < -0.39 is 6.04 Å². The van der Waals surface area contributed by atoms with Gasteiger partial charge in [0.15, 0.2) is 0 Å². The van der Waals surface area contributed by atoms with E-state index in [0.29, 0.717) is 17.1 Å². The quantitative estimate of drug-likeness (QED) is 0.341. The van der Waals surface area contributed by atoms with Crippen molar-refractivity contribution >= 4 is 40.0 Å². The van der Waals surface area contributed by atoms with Gasteiger partial charge in [-0.2, -0.15) is 0 Å². The van der Waals surface area contributed by atoms with Crippen molar-refractivity contribution in [1.82, 2.24) is 9.88 Å². The summed E-state index contributed by atoms with van der Waals surface area (Å²) in [6.07, 6.45) is 2.64. The molecule has 0 aliphatic carbocycles. The molecule has 3 aromatic carbocycles. The van der Waals surface area contributed by atoms with E-state index in [1.54, 1.807) is 36.2 Å². The number of carbonyl (C=O) groups is 2. The van der Waals surface area contributed by atoms with E-state index in [1.807, 2.05) is 54.7 Å². The van der Waals surface area contributed by atoms with Gasteiger partial charge in [0.25, 0.3) is 0 Å². The molecule has 5 nitrogen and oxygen atoms in total. The van der Waals surface area contributed by atoms with Crippen LogP contribution in [0.2, 0.25) is 5.02 Å². The average Bonchev–Trinajstić information content (AvgIpc) is 3.22. The molecule has 0 spiro atoms. The van der Waals surface area contributed by atoms with E-state index in [-0.39, 0.29) is 24.3 Å². The summed E-state index contributed by atoms with van der Waals surface area (Å²) in [5, 5.41) is 4.67. The van der Waals surface area contributed by atoms with E-state index in [0.717, 1.165) is 22.0 Å². The number of aromatic nitrogens is 1. The van der Waals surface area contributed by atoms with Gasteiger partial charge >= 0.3 is 0 Å². The van der Waals surface area contributed by atoms with E-state index in [1.165, 1.54) is 0 Å². The second kappa shape index (κ2) is 10.8. The van der Waals surface area contributed by atoms with Crippen molar-refractivity contribution in [3.8, 4) is 0 Å². The molecule has 6 heteroatoms. The highest BCUT2D eigenvalue weighted by Gasteiger charge is 2.26. The van der Waals surface area contributed by atoms with Gasteiger partial charge in [-0.05, 0) is 55.3 Å². The molecule has 0 saturated heterocycles. The Balaban J connectivity index is 1.57. The number of benzene rings is 3. The second-order valence-corrected chi connectivity index (χ2v) is 9.47. The fourth-order valence-electron chi connectivity index (χ4n) is 4.34. The number of hydrogen-bond acceptors (Lipinski definition) is 2. The highest BCUT2D eigenvalue weighted by atomic mass is 35.5. The minimum absolute atomic E-state index is 0.185. The number of fused-ring (bicyclic) bond motifs is 1. The Morgan fingerprint density at radius 2 is 1.60 bits per heavy atom. The number of nitrogens with zero attached hydrogens (tertiary/aromatic N) is 2. The van der Waals surface area contributed by atoms with Gasteiger partial charge in [-0.15, -0.1) is 0 Å². The largest absolute Gasteiger partial charge is 0.345 e. The minimum Gasteiger partial charge on any atom is -0.345 e. The zero-order chi connectivity index (χ0) is 24.9. The molecule has 0 aliphatic heterocycles. The van der Waals surface area contributed by atoms with Crippen molar-refractivity contribution in [3.63, 3.8) is 0 Å². The Kier molecular flexibility index (Phi) is 7.57. The normalized spacial score (nSPS) is 12.0. The Hall–Kier alpha value is -3.57. The van der Waals surface area contributed by atoms with Crippen LogP contribution in [0, 0.1) is 0 Å². The van der Waals surface area contributed by atoms with Crippen molar-refractivity contribution in [2.75, 3.05) is 11.9 Å². The first kappa shape index (κ1) is 24.6. The van der Waals surface area contributed by atoms with Crippen LogP contribution in [0.1, 0.15) is 31.0 Å². The molecule has 0 fully saturated rings. The summed E-state index contributed by atoms with van der Waals surface area (Å²) in [6.45, 7) is 4.24. The monoisotopic (exact) mass is 487 g/mol. The van der Waals surface area contributed by atoms with Crippen molar-refractivity contribution < 1.29 is 9.59 Å². The molecule has 0 bridgehead atoms. The summed E-state index contributed by atoms with van der Waals surface area (Å²) >= 11 is 6.01. The predicted molar refractivity (Wildman–Crippen MR) is 143 cm³/mol. The number of rotatable bonds is 8. The fraction of sp³-hybridized carbons (Fsp3) is 0.241. The van der Waals surface area contributed by atoms with Gasteiger partial charge in [-0.25, -0.2) is 0 Å². The highest BCUT2D eigenvalue weighted by molar-refractivity contribution is 6.30. The molecule has 4 aromatic rings. The lowest BCUT2D eigenvalue weighted by Gasteiger charge is -2.25. The standard InChI is InChI=1S/C29H30ClN3O2/c1-20(2)33-19-22(25-11-7-8-12-27(25)33)18-28(34)31-26(17-21-9-5-4-6-10-21)29(35)32(3)24-15-13-23(30)14-16-24/h4-16,19-20,26H,17-18H2,1-3H3,(H,31,34)/t26-/m0/s1. The lowest BCUT2D eigenvalue weighted by atomic mass is 10.0. The summed E-state index contributed by atoms with van der Waals surface area (Å²) in [6, 6.07) is 24.5. The summed E-state index contributed by atoms with van der Waals surface area (Å²) in [4.78, 5) is 28.3. The Morgan fingerprint density at radius 3 is 2.29 bits per heavy atom. The Morgan fingerprint density at radius 1 is 0.943 bits per heavy atom. The molecule has 0 radical (unpaired) electrons. The second-order valence-electron chi connectivity index (χ2n) is 9.03. The summed E-state index contributed by atoms with van der Waals surface area (Å²) in [7, 11) is 1.71. The number of para-hydroxylation sites is 1. The Bertz CT molecular complexity index is 1310. The number of hydrogen-bond donors (Lipinski definition) is 1. The molecule has 0 unspecified atom stereocenters. The van der Waals surface area contributed by atoms with Crippen LogP contribution in [0.5, 0.6) is 0 Å². The van der Waals surface area contributed by atoms with Crippen LogP contribution < -0.4 is 10.2 Å². The smallest absolute Gasteiger partial charge is 0.249 e. The van der Waals surface area contributed by atoms with E-state index >= 15 is 0 Å². The van der Waals surface area contributed by atoms with Crippen LogP contribution in [-0.4, -0.2) is 29.5 Å². The molecule has 1 aromatic heterocycles. The summed E-state index contributed by atoms with van der Waals surface area (Å²) in [5.41, 5.74) is 3.74. The molecule has 0 aliphatic rings. The third kappa shape index (κ3) is 5.75. The topological polar surface area (TPSA) is 54.3 Å². The molecule has 4 rings (SSSR count). The van der Waals surface area contributed by atoms with E-state index in [4.69, 9.17) is 11.6 Å². The average molecular weight is 488 g/mol. The molecule has 0 saturated carbocycles. The van der Waals surface area contributed by atoms with E-state index in [2.05, 4.69) is 29.8 Å². The predicted octanol–water partition coefficient (Wildman–Crippen LogP) is 5.81. The van der Waals surface area contributed by atoms with Crippen LogP contribution in [0.4, 0.5) is 5.69 Å². The number of carbonyl (C=O) groups excluding carboxylic acids is 2. The SMILES string of the molecule is CC(C)n1cc(CC(=O)N[C@@H](Cc2ccccc2)C(=O)N(C)c2ccc(Cl)cc2)c2ccccc21. The van der Waals surface area contributed by atoms with E-state index in [9.17, 15) is 9.59 Å². The lowest BCUT2D eigenvalue weighted by Crippen LogP contribution is -2.49. The number of nitrogens with one attached hydrogen (secondary N) is 1. The van der Waals surface area contributed by atoms with Crippen LogP contribution in [-0.2, 0) is 22.4 Å². The maximum atomic E-state index is 13.5. The molecule has 35 heavy (non-hydrogen) atoms. The number of anilines is 1. The first-order chi connectivity index (χ1) is 16.8. The highest BCUT2D eigenvalue weighted by Crippen LogP contribution is 2.25. The molecule has 1 heterocycles.